The third-order valence-corrected chi connectivity index (χ3v) is 5.57. The van der Waals surface area contributed by atoms with Gasteiger partial charge in [-0.05, 0) is 70.5 Å². The highest BCUT2D eigenvalue weighted by atomic mass is 79.9. The van der Waals surface area contributed by atoms with E-state index in [1.807, 2.05) is 6.92 Å². The highest BCUT2D eigenvalue weighted by Gasteiger charge is 2.36. The van der Waals surface area contributed by atoms with Crippen LogP contribution in [0.5, 0.6) is 11.5 Å². The topological polar surface area (TPSA) is 95.3 Å². The molecule has 10 heteroatoms. The van der Waals surface area contributed by atoms with Crippen molar-refractivity contribution in [2.75, 3.05) is 20.8 Å². The van der Waals surface area contributed by atoms with Gasteiger partial charge in [0.2, 0.25) is 5.76 Å². The van der Waals surface area contributed by atoms with E-state index < -0.39 is 17.1 Å². The molecular weight excluding hydrogens is 478 g/mol. The van der Waals surface area contributed by atoms with Crippen molar-refractivity contribution >= 4 is 50.9 Å². The maximum atomic E-state index is 12.8. The van der Waals surface area contributed by atoms with E-state index in [0.29, 0.717) is 33.9 Å². The molecular formula is C20H18BrNO7S. The van der Waals surface area contributed by atoms with Gasteiger partial charge in [-0.15, -0.1) is 0 Å². The van der Waals surface area contributed by atoms with E-state index in [4.69, 9.17) is 13.9 Å². The lowest BCUT2D eigenvalue weighted by Gasteiger charge is -2.12. The van der Waals surface area contributed by atoms with E-state index in [1.54, 1.807) is 18.2 Å². The molecule has 1 aliphatic heterocycles. The van der Waals surface area contributed by atoms with Crippen LogP contribution >= 0.6 is 27.7 Å². The van der Waals surface area contributed by atoms with Crippen LogP contribution in [0.1, 0.15) is 28.8 Å². The van der Waals surface area contributed by atoms with Gasteiger partial charge in [0.1, 0.15) is 5.76 Å². The lowest BCUT2D eigenvalue weighted by atomic mass is 10.2. The number of carbonyl (C=O) groups excluding carboxylic acids is 3. The van der Waals surface area contributed by atoms with Crippen LogP contribution in [0.4, 0.5) is 4.79 Å². The number of nitrogens with zero attached hydrogens (tertiary/aromatic N) is 1. The van der Waals surface area contributed by atoms with Crippen molar-refractivity contribution in [2.24, 2.45) is 0 Å². The summed E-state index contributed by atoms with van der Waals surface area (Å²) in [5, 5.41) is -0.431. The second-order valence-electron chi connectivity index (χ2n) is 5.99. The van der Waals surface area contributed by atoms with Crippen LogP contribution in [0.25, 0.3) is 6.08 Å². The Kier molecular flexibility index (Phi) is 6.88. The highest BCUT2D eigenvalue weighted by molar-refractivity contribution is 9.10. The Morgan fingerprint density at radius 1 is 1.27 bits per heavy atom. The molecule has 0 radical (unpaired) electrons. The van der Waals surface area contributed by atoms with Crippen LogP contribution in [0.3, 0.4) is 0 Å². The first-order valence-electron chi connectivity index (χ1n) is 8.80. The molecule has 0 N–H and O–H groups in total. The van der Waals surface area contributed by atoms with Gasteiger partial charge in [0.15, 0.2) is 11.5 Å². The minimum absolute atomic E-state index is 0.00144. The smallest absolute Gasteiger partial charge is 0.373 e. The second-order valence-corrected chi connectivity index (χ2v) is 7.84. The van der Waals surface area contributed by atoms with E-state index >= 15 is 0 Å². The summed E-state index contributed by atoms with van der Waals surface area (Å²) < 4.78 is 21.5. The number of halogens is 1. The monoisotopic (exact) mass is 495 g/mol. The van der Waals surface area contributed by atoms with Crippen LogP contribution in [0.15, 0.2) is 38.1 Å². The minimum Gasteiger partial charge on any atom is -0.492 e. The summed E-state index contributed by atoms with van der Waals surface area (Å²) in [5.74, 6) is 0.273. The molecule has 0 atom stereocenters. The molecule has 1 fully saturated rings. The van der Waals surface area contributed by atoms with Gasteiger partial charge in [-0.1, -0.05) is 0 Å². The lowest BCUT2D eigenvalue weighted by Crippen LogP contribution is -2.27. The molecule has 1 aromatic carbocycles. The van der Waals surface area contributed by atoms with Gasteiger partial charge in [-0.25, -0.2) is 4.79 Å². The second kappa shape index (κ2) is 9.40. The summed E-state index contributed by atoms with van der Waals surface area (Å²) in [6.07, 6.45) is 1.61. The van der Waals surface area contributed by atoms with Crippen molar-refractivity contribution in [3.05, 3.63) is 50.7 Å². The van der Waals surface area contributed by atoms with Gasteiger partial charge < -0.3 is 18.6 Å². The molecule has 30 heavy (non-hydrogen) atoms. The molecule has 0 unspecified atom stereocenters. The van der Waals surface area contributed by atoms with Crippen molar-refractivity contribution in [1.82, 2.24) is 4.90 Å². The average Bonchev–Trinajstić information content (AvgIpc) is 3.28. The first-order chi connectivity index (χ1) is 14.4. The molecule has 2 heterocycles. The number of esters is 1. The highest BCUT2D eigenvalue weighted by Crippen LogP contribution is 2.39. The van der Waals surface area contributed by atoms with Crippen molar-refractivity contribution in [1.29, 1.82) is 0 Å². The number of hydrogen-bond donors (Lipinski definition) is 0. The quantitative estimate of drug-likeness (QED) is 0.409. The Hall–Kier alpha value is -2.72. The molecule has 1 saturated heterocycles. The maximum Gasteiger partial charge on any atom is 0.373 e. The number of thioether (sulfide) groups is 1. The molecule has 2 amide bonds. The van der Waals surface area contributed by atoms with Gasteiger partial charge in [0, 0.05) is 0 Å². The Balaban J connectivity index is 1.83. The summed E-state index contributed by atoms with van der Waals surface area (Å²) in [6.45, 7) is 2.21. The van der Waals surface area contributed by atoms with E-state index in [0.717, 1.165) is 16.7 Å². The third-order valence-electron chi connectivity index (χ3n) is 4.07. The number of rotatable bonds is 7. The Morgan fingerprint density at radius 2 is 2.03 bits per heavy atom. The lowest BCUT2D eigenvalue weighted by molar-refractivity contribution is -0.123. The Bertz CT molecular complexity index is 1030. The summed E-state index contributed by atoms with van der Waals surface area (Å²) in [4.78, 5) is 37.9. The fourth-order valence-electron chi connectivity index (χ4n) is 2.75. The number of ether oxygens (including phenoxy) is 3. The fourth-order valence-corrected chi connectivity index (χ4v) is 4.21. The number of hydrogen-bond acceptors (Lipinski definition) is 8. The van der Waals surface area contributed by atoms with Crippen LogP contribution in [0, 0.1) is 0 Å². The molecule has 0 aliphatic carbocycles. The molecule has 0 bridgehead atoms. The zero-order chi connectivity index (χ0) is 21.8. The molecule has 1 aromatic heterocycles. The van der Waals surface area contributed by atoms with Crippen molar-refractivity contribution in [3.8, 4) is 11.5 Å². The zero-order valence-electron chi connectivity index (χ0n) is 16.4. The van der Waals surface area contributed by atoms with Gasteiger partial charge in [-0.3, -0.25) is 14.5 Å². The number of furan rings is 1. The SMILES string of the molecule is CCOc1cc(C=C2SC(=O)N(Cc3ccc(C(=O)OC)o3)C2=O)cc(Br)c1OC. The molecule has 8 nitrogen and oxygen atoms in total. The predicted molar refractivity (Wildman–Crippen MR) is 113 cm³/mol. The van der Waals surface area contributed by atoms with Gasteiger partial charge >= 0.3 is 5.97 Å². The summed E-state index contributed by atoms with van der Waals surface area (Å²) in [6, 6.07) is 6.45. The van der Waals surface area contributed by atoms with E-state index in [1.165, 1.54) is 26.4 Å². The number of carbonyl (C=O) groups is 3. The molecule has 2 aromatic rings. The molecule has 158 valence electrons. The Labute approximate surface area is 185 Å². The van der Waals surface area contributed by atoms with Crippen molar-refractivity contribution in [3.63, 3.8) is 0 Å². The summed E-state index contributed by atoms with van der Waals surface area (Å²) in [5.41, 5.74) is 0.669. The average molecular weight is 496 g/mol. The number of benzene rings is 1. The first kappa shape index (κ1) is 22.0. The predicted octanol–water partition coefficient (Wildman–Crippen LogP) is 4.47. The largest absolute Gasteiger partial charge is 0.492 e. The van der Waals surface area contributed by atoms with E-state index in [9.17, 15) is 14.4 Å². The maximum absolute atomic E-state index is 12.8. The molecule has 0 saturated carbocycles. The minimum atomic E-state index is -0.634. The number of methoxy groups -OCH3 is 2. The van der Waals surface area contributed by atoms with Gasteiger partial charge in [-0.2, -0.15) is 0 Å². The van der Waals surface area contributed by atoms with Crippen LogP contribution in [0.2, 0.25) is 0 Å². The zero-order valence-corrected chi connectivity index (χ0v) is 18.8. The fraction of sp³-hybridized carbons (Fsp3) is 0.250. The third kappa shape index (κ3) is 4.54. The first-order valence-corrected chi connectivity index (χ1v) is 10.4. The number of amides is 2. The summed E-state index contributed by atoms with van der Waals surface area (Å²) >= 11 is 4.25. The molecule has 3 rings (SSSR count). The van der Waals surface area contributed by atoms with E-state index in [2.05, 4.69) is 20.7 Å². The van der Waals surface area contributed by atoms with Crippen molar-refractivity contribution in [2.45, 2.75) is 13.5 Å². The van der Waals surface area contributed by atoms with Crippen molar-refractivity contribution < 1.29 is 33.0 Å². The van der Waals surface area contributed by atoms with E-state index in [-0.39, 0.29) is 17.2 Å². The normalized spacial score (nSPS) is 15.1. The van der Waals surface area contributed by atoms with Crippen LogP contribution < -0.4 is 9.47 Å². The standard InChI is InChI=1S/C20H18BrNO7S/c1-4-28-15-8-11(7-13(21)17(15)26-2)9-16-18(23)22(20(25)30-16)10-12-5-6-14(29-12)19(24)27-3/h5-9H,4,10H2,1-3H3. The molecule has 1 aliphatic rings. The van der Waals surface area contributed by atoms with Crippen LogP contribution in [-0.4, -0.2) is 42.8 Å². The molecule has 0 spiro atoms. The van der Waals surface area contributed by atoms with Gasteiger partial charge in [0.05, 0.1) is 36.7 Å². The van der Waals surface area contributed by atoms with Gasteiger partial charge in [0.25, 0.3) is 11.1 Å². The summed E-state index contributed by atoms with van der Waals surface area (Å²) in [7, 11) is 2.77. The Morgan fingerprint density at radius 3 is 2.70 bits per heavy atom. The van der Waals surface area contributed by atoms with Crippen LogP contribution in [-0.2, 0) is 16.1 Å². The number of imide groups is 1.